The van der Waals surface area contributed by atoms with Gasteiger partial charge in [0.05, 0.1) is 23.3 Å². The fourth-order valence-electron chi connectivity index (χ4n) is 2.83. The number of nitrogens with two attached hydrogens (primary N) is 1. The van der Waals surface area contributed by atoms with Crippen LogP contribution >= 0.6 is 24.8 Å². The second-order valence-corrected chi connectivity index (χ2v) is 5.70. The highest BCUT2D eigenvalue weighted by Gasteiger charge is 2.24. The zero-order valence-corrected chi connectivity index (χ0v) is 14.6. The molecule has 6 nitrogen and oxygen atoms in total. The summed E-state index contributed by atoms with van der Waals surface area (Å²) >= 11 is 0. The first kappa shape index (κ1) is 20.8. The van der Waals surface area contributed by atoms with Gasteiger partial charge in [0.1, 0.15) is 5.82 Å². The molecule has 3 rings (SSSR count). The summed E-state index contributed by atoms with van der Waals surface area (Å²) in [6, 6.07) is 4.17. The second-order valence-electron chi connectivity index (χ2n) is 5.70. The van der Waals surface area contributed by atoms with Gasteiger partial charge in [0.2, 0.25) is 0 Å². The summed E-state index contributed by atoms with van der Waals surface area (Å²) in [7, 11) is 0. The van der Waals surface area contributed by atoms with Gasteiger partial charge in [-0.2, -0.15) is 0 Å². The lowest BCUT2D eigenvalue weighted by Gasteiger charge is -2.34. The van der Waals surface area contributed by atoms with E-state index in [1.807, 2.05) is 0 Å². The molecule has 1 aliphatic rings. The van der Waals surface area contributed by atoms with E-state index in [0.717, 1.165) is 19.2 Å². The van der Waals surface area contributed by atoms with E-state index in [1.165, 1.54) is 16.7 Å². The molecule has 0 amide bonds. The van der Waals surface area contributed by atoms with Gasteiger partial charge in [0.15, 0.2) is 0 Å². The number of piperidine rings is 1. The largest absolute Gasteiger partial charge is 0.390 e. The minimum Gasteiger partial charge on any atom is -0.390 e. The predicted octanol–water partition coefficient (Wildman–Crippen LogP) is 0.773. The Bertz CT molecular complexity index is 743. The first-order chi connectivity index (χ1) is 10.5. The number of nitrogens with zero attached hydrogens (tertiary/aromatic N) is 3. The molecule has 0 unspecified atom stereocenters. The number of hydrogen-bond donors (Lipinski definition) is 2. The van der Waals surface area contributed by atoms with Crippen LogP contribution in [0.5, 0.6) is 0 Å². The van der Waals surface area contributed by atoms with Crippen LogP contribution in [0.4, 0.5) is 4.39 Å². The Hall–Kier alpha value is -1.25. The summed E-state index contributed by atoms with van der Waals surface area (Å²) in [6.07, 6.45) is 1.32. The van der Waals surface area contributed by atoms with Crippen LogP contribution < -0.4 is 11.3 Å². The molecule has 2 aromatic heterocycles. The highest BCUT2D eigenvalue weighted by Crippen LogP contribution is 2.12. The van der Waals surface area contributed by atoms with Gasteiger partial charge in [0.25, 0.3) is 5.56 Å². The SMILES string of the molecule is Cl.Cl.N[C@H]1CCN(CCn2c(=O)ccc3ncc(F)cc32)C[C@H]1O. The molecule has 0 saturated carbocycles. The highest BCUT2D eigenvalue weighted by molar-refractivity contribution is 5.85. The third-order valence-electron chi connectivity index (χ3n) is 4.16. The maximum atomic E-state index is 13.4. The van der Waals surface area contributed by atoms with Gasteiger partial charge < -0.3 is 15.4 Å². The van der Waals surface area contributed by atoms with E-state index in [4.69, 9.17) is 5.73 Å². The number of rotatable bonds is 3. The van der Waals surface area contributed by atoms with Crippen molar-refractivity contribution >= 4 is 35.8 Å². The van der Waals surface area contributed by atoms with E-state index in [9.17, 15) is 14.3 Å². The predicted molar refractivity (Wildman–Crippen MR) is 95.5 cm³/mol. The monoisotopic (exact) mass is 378 g/mol. The van der Waals surface area contributed by atoms with Crippen LogP contribution in [0.15, 0.2) is 29.2 Å². The van der Waals surface area contributed by atoms with Crippen molar-refractivity contribution in [2.45, 2.75) is 25.1 Å². The van der Waals surface area contributed by atoms with E-state index >= 15 is 0 Å². The van der Waals surface area contributed by atoms with Crippen molar-refractivity contribution in [2.75, 3.05) is 19.6 Å². The number of fused-ring (bicyclic) bond motifs is 1. The molecule has 0 aromatic carbocycles. The van der Waals surface area contributed by atoms with Crippen LogP contribution in [-0.4, -0.2) is 51.3 Å². The van der Waals surface area contributed by atoms with Crippen LogP contribution in [0.2, 0.25) is 0 Å². The third-order valence-corrected chi connectivity index (χ3v) is 4.16. The van der Waals surface area contributed by atoms with E-state index in [0.29, 0.717) is 30.7 Å². The number of likely N-dealkylation sites (tertiary alicyclic amines) is 1. The molecule has 3 heterocycles. The average molecular weight is 379 g/mol. The molecule has 134 valence electrons. The normalized spacial score (nSPS) is 21.1. The summed E-state index contributed by atoms with van der Waals surface area (Å²) in [5, 5.41) is 9.81. The Morgan fingerprint density at radius 3 is 2.79 bits per heavy atom. The van der Waals surface area contributed by atoms with E-state index in [1.54, 1.807) is 6.07 Å². The molecule has 3 N–H and O–H groups in total. The Morgan fingerprint density at radius 1 is 1.33 bits per heavy atom. The molecule has 24 heavy (non-hydrogen) atoms. The molecule has 0 radical (unpaired) electrons. The van der Waals surface area contributed by atoms with Gasteiger partial charge in [-0.05, 0) is 19.0 Å². The quantitative estimate of drug-likeness (QED) is 0.823. The fourth-order valence-corrected chi connectivity index (χ4v) is 2.83. The van der Waals surface area contributed by atoms with Gasteiger partial charge in [-0.15, -0.1) is 24.8 Å². The second kappa shape index (κ2) is 8.73. The zero-order chi connectivity index (χ0) is 15.7. The minimum atomic E-state index is -0.544. The Labute approximate surface area is 151 Å². The molecule has 0 spiro atoms. The maximum absolute atomic E-state index is 13.4. The van der Waals surface area contributed by atoms with Crippen LogP contribution in [0, 0.1) is 5.82 Å². The Kier molecular flexibility index (Phi) is 7.56. The molecule has 0 aliphatic carbocycles. The third kappa shape index (κ3) is 4.43. The van der Waals surface area contributed by atoms with Crippen molar-refractivity contribution < 1.29 is 9.50 Å². The van der Waals surface area contributed by atoms with Crippen molar-refractivity contribution in [2.24, 2.45) is 5.73 Å². The molecule has 0 bridgehead atoms. The number of aliphatic hydroxyl groups is 1. The maximum Gasteiger partial charge on any atom is 0.251 e. The number of aromatic nitrogens is 2. The zero-order valence-electron chi connectivity index (χ0n) is 13.0. The van der Waals surface area contributed by atoms with Crippen molar-refractivity contribution in [1.29, 1.82) is 0 Å². The van der Waals surface area contributed by atoms with Gasteiger partial charge >= 0.3 is 0 Å². The van der Waals surface area contributed by atoms with E-state index in [2.05, 4.69) is 9.88 Å². The lowest BCUT2D eigenvalue weighted by Crippen LogP contribution is -2.51. The first-order valence-electron chi connectivity index (χ1n) is 7.36. The molecule has 1 saturated heterocycles. The molecule has 2 atom stereocenters. The van der Waals surface area contributed by atoms with Crippen LogP contribution in [0.25, 0.3) is 11.0 Å². The molecule has 2 aromatic rings. The minimum absolute atomic E-state index is 0. The number of hydrogen-bond acceptors (Lipinski definition) is 5. The number of aliphatic hydroxyl groups excluding tert-OH is 1. The molecule has 1 fully saturated rings. The van der Waals surface area contributed by atoms with Crippen LogP contribution in [0.3, 0.4) is 0 Å². The van der Waals surface area contributed by atoms with Crippen molar-refractivity contribution in [3.63, 3.8) is 0 Å². The number of halogens is 3. The van der Waals surface area contributed by atoms with Crippen LogP contribution in [0.1, 0.15) is 6.42 Å². The van der Waals surface area contributed by atoms with Crippen molar-refractivity contribution in [3.8, 4) is 0 Å². The van der Waals surface area contributed by atoms with Gasteiger partial charge in [0, 0.05) is 37.8 Å². The van der Waals surface area contributed by atoms with E-state index < -0.39 is 11.9 Å². The average Bonchev–Trinajstić information content (AvgIpc) is 2.49. The lowest BCUT2D eigenvalue weighted by molar-refractivity contribution is 0.0520. The van der Waals surface area contributed by atoms with Crippen molar-refractivity contribution in [3.05, 3.63) is 40.6 Å². The van der Waals surface area contributed by atoms with Crippen LogP contribution in [-0.2, 0) is 6.54 Å². The molecular formula is C15H21Cl2FN4O2. The summed E-state index contributed by atoms with van der Waals surface area (Å²) in [5.74, 6) is -0.466. The topological polar surface area (TPSA) is 84.4 Å². The Balaban J connectivity index is 0.00000144. The summed E-state index contributed by atoms with van der Waals surface area (Å²) in [6.45, 7) is 2.29. The number of β-amino-alcohol motifs (C(OH)–C–C–N with tert-alkyl or cyclic N) is 1. The molecule has 1 aliphatic heterocycles. The number of pyridine rings is 2. The van der Waals surface area contributed by atoms with Crippen molar-refractivity contribution in [1.82, 2.24) is 14.5 Å². The van der Waals surface area contributed by atoms with Gasteiger partial charge in [-0.1, -0.05) is 0 Å². The lowest BCUT2D eigenvalue weighted by atomic mass is 10.0. The summed E-state index contributed by atoms with van der Waals surface area (Å²) < 4.78 is 14.9. The van der Waals surface area contributed by atoms with Gasteiger partial charge in [-0.3, -0.25) is 14.7 Å². The van der Waals surface area contributed by atoms with E-state index in [-0.39, 0.29) is 36.4 Å². The smallest absolute Gasteiger partial charge is 0.251 e. The summed E-state index contributed by atoms with van der Waals surface area (Å²) in [4.78, 5) is 18.1. The standard InChI is InChI=1S/C15H19FN4O2.2ClH/c16-10-7-13-12(18-8-10)1-2-15(22)20(13)6-5-19-4-3-11(17)14(21)9-19;;/h1-2,7-8,11,14,21H,3-6,9,17H2;2*1H/t11-,14+;;/m0../s1. The van der Waals surface area contributed by atoms with Gasteiger partial charge in [-0.25, -0.2) is 4.39 Å². The molecular weight excluding hydrogens is 358 g/mol. The fraction of sp³-hybridized carbons (Fsp3) is 0.467. The molecule has 9 heteroatoms. The highest BCUT2D eigenvalue weighted by atomic mass is 35.5. The Morgan fingerprint density at radius 2 is 2.08 bits per heavy atom. The summed E-state index contributed by atoms with van der Waals surface area (Å²) in [5.41, 5.74) is 6.67. The first-order valence-corrected chi connectivity index (χ1v) is 7.36.